The zero-order chi connectivity index (χ0) is 17.5. The van der Waals surface area contributed by atoms with Gasteiger partial charge in [0.1, 0.15) is 5.75 Å². The molecule has 0 aliphatic rings. The summed E-state index contributed by atoms with van der Waals surface area (Å²) in [6.07, 6.45) is 0. The summed E-state index contributed by atoms with van der Waals surface area (Å²) >= 11 is 2.29. The van der Waals surface area contributed by atoms with E-state index in [1.807, 2.05) is 60.7 Å². The first kappa shape index (κ1) is 17.1. The molecular weight excluding hydrogens is 419 g/mol. The third-order valence-corrected chi connectivity index (χ3v) is 4.24. The summed E-state index contributed by atoms with van der Waals surface area (Å²) < 4.78 is 6.36. The minimum absolute atomic E-state index is 0.835. The van der Waals surface area contributed by atoms with Crippen molar-refractivity contribution >= 4 is 22.6 Å². The lowest BCUT2D eigenvalue weighted by molar-refractivity contribution is 0.415. The first-order valence-electron chi connectivity index (χ1n) is 7.77. The molecule has 0 radical (unpaired) electrons. The summed E-state index contributed by atoms with van der Waals surface area (Å²) in [6.45, 7) is 0. The van der Waals surface area contributed by atoms with E-state index in [0.717, 1.165) is 28.0 Å². The van der Waals surface area contributed by atoms with Crippen molar-refractivity contribution in [3.63, 3.8) is 0 Å². The second-order valence-corrected chi connectivity index (χ2v) is 6.56. The largest absolute Gasteiger partial charge is 0.497 e. The Morgan fingerprint density at radius 1 is 0.560 bits per heavy atom. The fourth-order valence-corrected chi connectivity index (χ4v) is 2.49. The van der Waals surface area contributed by atoms with Crippen LogP contribution in [0.3, 0.4) is 0 Å². The molecule has 0 saturated carbocycles. The van der Waals surface area contributed by atoms with Crippen molar-refractivity contribution in [2.45, 2.75) is 0 Å². The topological polar surface area (TPSA) is 9.23 Å². The third-order valence-electron chi connectivity index (χ3n) is 3.52. The van der Waals surface area contributed by atoms with Gasteiger partial charge >= 0.3 is 0 Å². The lowest BCUT2D eigenvalue weighted by atomic mass is 10.1. The second-order valence-electron chi connectivity index (χ2n) is 5.31. The van der Waals surface area contributed by atoms with Gasteiger partial charge in [-0.3, -0.25) is 0 Å². The van der Waals surface area contributed by atoms with Crippen LogP contribution in [0.2, 0.25) is 0 Å². The average Bonchev–Trinajstić information content (AvgIpc) is 2.67. The molecule has 25 heavy (non-hydrogen) atoms. The van der Waals surface area contributed by atoms with Crippen LogP contribution in [0, 0.1) is 27.3 Å². The van der Waals surface area contributed by atoms with Gasteiger partial charge in [0.25, 0.3) is 0 Å². The maximum absolute atomic E-state index is 5.14. The van der Waals surface area contributed by atoms with E-state index >= 15 is 0 Å². The Kier molecular flexibility index (Phi) is 5.77. The predicted octanol–water partition coefficient (Wildman–Crippen LogP) is 5.10. The summed E-state index contributed by atoms with van der Waals surface area (Å²) in [5, 5.41) is 0. The Hall–Kier alpha value is -2.69. The Balaban J connectivity index is 1.70. The monoisotopic (exact) mass is 434 g/mol. The fourth-order valence-electron chi connectivity index (χ4n) is 2.13. The summed E-state index contributed by atoms with van der Waals surface area (Å²) in [5.41, 5.74) is 3.93. The van der Waals surface area contributed by atoms with Crippen LogP contribution >= 0.6 is 22.6 Å². The van der Waals surface area contributed by atoms with Crippen molar-refractivity contribution in [2.75, 3.05) is 7.11 Å². The van der Waals surface area contributed by atoms with Crippen LogP contribution in [-0.2, 0) is 0 Å². The highest BCUT2D eigenvalue weighted by atomic mass is 127. The molecule has 0 spiro atoms. The molecule has 0 atom stereocenters. The highest BCUT2D eigenvalue weighted by molar-refractivity contribution is 14.1. The van der Waals surface area contributed by atoms with Gasteiger partial charge in [-0.25, -0.2) is 0 Å². The van der Waals surface area contributed by atoms with Crippen LogP contribution in [0.25, 0.3) is 0 Å². The molecule has 3 aromatic rings. The van der Waals surface area contributed by atoms with Crippen LogP contribution in [0.5, 0.6) is 5.75 Å². The first-order valence-corrected chi connectivity index (χ1v) is 8.84. The van der Waals surface area contributed by atoms with Crippen LogP contribution in [0.4, 0.5) is 0 Å². The molecule has 0 bridgehead atoms. The minimum Gasteiger partial charge on any atom is -0.497 e. The molecule has 0 aliphatic heterocycles. The SMILES string of the molecule is COc1ccc(C#Cc2ccc(C#Cc3ccc(I)cc3)cc2)cc1. The lowest BCUT2D eigenvalue weighted by Crippen LogP contribution is -1.82. The lowest BCUT2D eigenvalue weighted by Gasteiger charge is -1.97. The van der Waals surface area contributed by atoms with Crippen LogP contribution < -0.4 is 4.74 Å². The van der Waals surface area contributed by atoms with E-state index in [-0.39, 0.29) is 0 Å². The molecule has 0 heterocycles. The Morgan fingerprint density at radius 2 is 0.880 bits per heavy atom. The van der Waals surface area contributed by atoms with E-state index in [9.17, 15) is 0 Å². The molecule has 0 saturated heterocycles. The zero-order valence-electron chi connectivity index (χ0n) is 13.7. The van der Waals surface area contributed by atoms with Crippen molar-refractivity contribution in [3.8, 4) is 29.4 Å². The van der Waals surface area contributed by atoms with Gasteiger partial charge < -0.3 is 4.74 Å². The molecule has 1 nitrogen and oxygen atoms in total. The van der Waals surface area contributed by atoms with Crippen molar-refractivity contribution in [2.24, 2.45) is 0 Å². The first-order chi connectivity index (χ1) is 12.2. The minimum atomic E-state index is 0.835. The van der Waals surface area contributed by atoms with Gasteiger partial charge in [-0.2, -0.15) is 0 Å². The van der Waals surface area contributed by atoms with Crippen LogP contribution in [-0.4, -0.2) is 7.11 Å². The molecule has 0 amide bonds. The van der Waals surface area contributed by atoms with E-state index in [0.29, 0.717) is 0 Å². The number of methoxy groups -OCH3 is 1. The van der Waals surface area contributed by atoms with E-state index in [2.05, 4.69) is 58.4 Å². The fraction of sp³-hybridized carbons (Fsp3) is 0.0435. The number of halogens is 1. The van der Waals surface area contributed by atoms with E-state index in [4.69, 9.17) is 4.74 Å². The van der Waals surface area contributed by atoms with Gasteiger partial charge in [-0.15, -0.1) is 0 Å². The second kappa shape index (κ2) is 8.42. The Bertz CT molecular complexity index is 961. The van der Waals surface area contributed by atoms with Crippen molar-refractivity contribution < 1.29 is 4.74 Å². The van der Waals surface area contributed by atoms with Crippen molar-refractivity contribution in [1.82, 2.24) is 0 Å². The quantitative estimate of drug-likeness (QED) is 0.383. The summed E-state index contributed by atoms with van der Waals surface area (Å²) in [6, 6.07) is 23.9. The standard InChI is InChI=1S/C23H15IO/c1-25-23-16-12-21(13-17-23)9-7-19-4-2-18(3-5-19)6-8-20-10-14-22(24)15-11-20/h2-5,10-17H,1H3. The number of benzene rings is 3. The molecule has 0 aromatic heterocycles. The van der Waals surface area contributed by atoms with E-state index in [1.165, 1.54) is 3.57 Å². The smallest absolute Gasteiger partial charge is 0.118 e. The molecule has 0 fully saturated rings. The van der Waals surface area contributed by atoms with E-state index in [1.54, 1.807) is 7.11 Å². The summed E-state index contributed by atoms with van der Waals surface area (Å²) in [5.74, 6) is 13.5. The Labute approximate surface area is 162 Å². The predicted molar refractivity (Wildman–Crippen MR) is 111 cm³/mol. The normalized spacial score (nSPS) is 9.36. The zero-order valence-corrected chi connectivity index (χ0v) is 15.9. The molecule has 120 valence electrons. The molecular formula is C23H15IO. The maximum atomic E-state index is 5.14. The molecule has 3 rings (SSSR count). The molecule has 3 aromatic carbocycles. The number of rotatable bonds is 1. The number of hydrogen-bond acceptors (Lipinski definition) is 1. The van der Waals surface area contributed by atoms with Crippen LogP contribution in [0.1, 0.15) is 22.3 Å². The van der Waals surface area contributed by atoms with Gasteiger partial charge in [0.15, 0.2) is 0 Å². The van der Waals surface area contributed by atoms with Gasteiger partial charge in [0.05, 0.1) is 7.11 Å². The Morgan fingerprint density at radius 3 is 1.24 bits per heavy atom. The van der Waals surface area contributed by atoms with Crippen molar-refractivity contribution in [1.29, 1.82) is 0 Å². The van der Waals surface area contributed by atoms with E-state index < -0.39 is 0 Å². The van der Waals surface area contributed by atoms with Gasteiger partial charge in [-0.05, 0) is 95.4 Å². The van der Waals surface area contributed by atoms with Gasteiger partial charge in [-0.1, -0.05) is 23.7 Å². The maximum Gasteiger partial charge on any atom is 0.118 e. The molecule has 0 N–H and O–H groups in total. The van der Waals surface area contributed by atoms with Gasteiger partial charge in [0.2, 0.25) is 0 Å². The molecule has 0 aliphatic carbocycles. The summed E-state index contributed by atoms with van der Waals surface area (Å²) in [7, 11) is 1.66. The van der Waals surface area contributed by atoms with Crippen molar-refractivity contribution in [3.05, 3.63) is 98.6 Å². The molecule has 2 heteroatoms. The highest BCUT2D eigenvalue weighted by Crippen LogP contribution is 2.11. The number of ether oxygens (including phenoxy) is 1. The highest BCUT2D eigenvalue weighted by Gasteiger charge is 1.92. The summed E-state index contributed by atoms with van der Waals surface area (Å²) in [4.78, 5) is 0. The third kappa shape index (κ3) is 5.14. The van der Waals surface area contributed by atoms with Gasteiger partial charge in [0, 0.05) is 25.8 Å². The van der Waals surface area contributed by atoms with Crippen LogP contribution in [0.15, 0.2) is 72.8 Å². The number of hydrogen-bond donors (Lipinski definition) is 0. The molecule has 0 unspecified atom stereocenters. The average molecular weight is 434 g/mol.